The highest BCUT2D eigenvalue weighted by molar-refractivity contribution is 6.33. The minimum atomic E-state index is -0.498. The topological polar surface area (TPSA) is 29.1 Å². The molecule has 5 heteroatoms. The molecule has 0 saturated carbocycles. The standard InChI is InChI=1S/C14H10Cl2FNO/c15-10-6-5-9(12(17)8-10)7-14(19)18-13-4-2-1-3-11(13)16/h1-6,8H,7H2,(H,18,19). The molecule has 19 heavy (non-hydrogen) atoms. The molecule has 2 aromatic rings. The number of benzene rings is 2. The molecule has 0 aliphatic rings. The summed E-state index contributed by atoms with van der Waals surface area (Å²) in [4.78, 5) is 11.8. The van der Waals surface area contributed by atoms with Crippen LogP contribution < -0.4 is 5.32 Å². The Bertz CT molecular complexity index is 616. The largest absolute Gasteiger partial charge is 0.324 e. The first-order chi connectivity index (χ1) is 9.06. The Morgan fingerprint density at radius 2 is 1.89 bits per heavy atom. The van der Waals surface area contributed by atoms with Crippen molar-refractivity contribution in [3.05, 3.63) is 63.9 Å². The Balaban J connectivity index is 2.08. The van der Waals surface area contributed by atoms with E-state index in [0.717, 1.165) is 0 Å². The fourth-order valence-electron chi connectivity index (χ4n) is 1.60. The SMILES string of the molecule is O=C(Cc1ccc(Cl)cc1F)Nc1ccccc1Cl. The third-order valence-corrected chi connectivity index (χ3v) is 3.08. The highest BCUT2D eigenvalue weighted by Crippen LogP contribution is 2.21. The van der Waals surface area contributed by atoms with Gasteiger partial charge in [0.05, 0.1) is 17.1 Å². The summed E-state index contributed by atoms with van der Waals surface area (Å²) < 4.78 is 13.5. The maximum atomic E-state index is 13.5. The summed E-state index contributed by atoms with van der Waals surface area (Å²) in [5.74, 6) is -0.837. The molecule has 0 heterocycles. The van der Waals surface area contributed by atoms with Crippen LogP contribution in [0, 0.1) is 5.82 Å². The maximum absolute atomic E-state index is 13.5. The Labute approximate surface area is 120 Å². The molecule has 0 aromatic heterocycles. The minimum absolute atomic E-state index is 0.0752. The molecule has 0 spiro atoms. The monoisotopic (exact) mass is 297 g/mol. The van der Waals surface area contributed by atoms with Gasteiger partial charge in [0.2, 0.25) is 5.91 Å². The van der Waals surface area contributed by atoms with Gasteiger partial charge in [-0.3, -0.25) is 4.79 Å². The number of amides is 1. The number of para-hydroxylation sites is 1. The van der Waals surface area contributed by atoms with Gasteiger partial charge in [0.25, 0.3) is 0 Å². The lowest BCUT2D eigenvalue weighted by Crippen LogP contribution is -2.15. The van der Waals surface area contributed by atoms with E-state index in [4.69, 9.17) is 23.2 Å². The van der Waals surface area contributed by atoms with E-state index in [0.29, 0.717) is 15.7 Å². The van der Waals surface area contributed by atoms with Crippen molar-refractivity contribution < 1.29 is 9.18 Å². The van der Waals surface area contributed by atoms with Gasteiger partial charge in [-0.15, -0.1) is 0 Å². The zero-order chi connectivity index (χ0) is 13.8. The second-order valence-corrected chi connectivity index (χ2v) is 4.78. The highest BCUT2D eigenvalue weighted by atomic mass is 35.5. The van der Waals surface area contributed by atoms with Gasteiger partial charge in [0, 0.05) is 5.02 Å². The number of hydrogen-bond acceptors (Lipinski definition) is 1. The zero-order valence-corrected chi connectivity index (χ0v) is 11.3. The van der Waals surface area contributed by atoms with Crippen molar-refractivity contribution >= 4 is 34.8 Å². The van der Waals surface area contributed by atoms with Crippen LogP contribution in [0.2, 0.25) is 10.0 Å². The van der Waals surface area contributed by atoms with Gasteiger partial charge in [0.1, 0.15) is 5.82 Å². The van der Waals surface area contributed by atoms with E-state index < -0.39 is 5.82 Å². The number of nitrogens with one attached hydrogen (secondary N) is 1. The molecule has 0 bridgehead atoms. The Morgan fingerprint density at radius 3 is 2.58 bits per heavy atom. The molecule has 1 amide bonds. The van der Waals surface area contributed by atoms with Gasteiger partial charge < -0.3 is 5.32 Å². The number of carbonyl (C=O) groups excluding carboxylic acids is 1. The summed E-state index contributed by atoms with van der Waals surface area (Å²) in [7, 11) is 0. The van der Waals surface area contributed by atoms with Gasteiger partial charge in [-0.1, -0.05) is 41.4 Å². The van der Waals surface area contributed by atoms with Crippen LogP contribution in [0.25, 0.3) is 0 Å². The first kappa shape index (κ1) is 13.8. The van der Waals surface area contributed by atoms with E-state index in [1.165, 1.54) is 12.1 Å². The molecule has 0 aliphatic carbocycles. The smallest absolute Gasteiger partial charge is 0.228 e. The molecule has 0 aliphatic heterocycles. The summed E-state index contributed by atoms with van der Waals surface area (Å²) in [6.45, 7) is 0. The maximum Gasteiger partial charge on any atom is 0.228 e. The first-order valence-corrected chi connectivity index (χ1v) is 6.30. The van der Waals surface area contributed by atoms with E-state index in [1.807, 2.05) is 0 Å². The van der Waals surface area contributed by atoms with Crippen LogP contribution in [0.5, 0.6) is 0 Å². The van der Waals surface area contributed by atoms with E-state index in [-0.39, 0.29) is 17.9 Å². The fourth-order valence-corrected chi connectivity index (χ4v) is 1.94. The summed E-state index contributed by atoms with van der Waals surface area (Å²) in [6, 6.07) is 11.1. The molecule has 2 rings (SSSR count). The second kappa shape index (κ2) is 6.04. The predicted molar refractivity (Wildman–Crippen MR) is 75.2 cm³/mol. The number of carbonyl (C=O) groups is 1. The van der Waals surface area contributed by atoms with Crippen LogP contribution >= 0.6 is 23.2 Å². The number of rotatable bonds is 3. The Kier molecular flexibility index (Phi) is 4.40. The quantitative estimate of drug-likeness (QED) is 0.898. The van der Waals surface area contributed by atoms with Crippen LogP contribution in [0.1, 0.15) is 5.56 Å². The second-order valence-electron chi connectivity index (χ2n) is 3.94. The normalized spacial score (nSPS) is 10.3. The van der Waals surface area contributed by atoms with Crippen LogP contribution in [0.3, 0.4) is 0 Å². The van der Waals surface area contributed by atoms with Gasteiger partial charge in [-0.25, -0.2) is 4.39 Å². The van der Waals surface area contributed by atoms with Crippen molar-refractivity contribution in [3.8, 4) is 0 Å². The highest BCUT2D eigenvalue weighted by Gasteiger charge is 2.10. The third kappa shape index (κ3) is 3.69. The number of halogens is 3. The van der Waals surface area contributed by atoms with E-state index >= 15 is 0 Å². The molecule has 0 fully saturated rings. The summed E-state index contributed by atoms with van der Waals surface area (Å²) >= 11 is 11.6. The van der Waals surface area contributed by atoms with Crippen molar-refractivity contribution in [1.29, 1.82) is 0 Å². The summed E-state index contributed by atoms with van der Waals surface area (Å²) in [5.41, 5.74) is 0.789. The third-order valence-electron chi connectivity index (χ3n) is 2.51. The minimum Gasteiger partial charge on any atom is -0.324 e. The molecule has 2 nitrogen and oxygen atoms in total. The van der Waals surface area contributed by atoms with Crippen LogP contribution in [-0.4, -0.2) is 5.91 Å². The van der Waals surface area contributed by atoms with Gasteiger partial charge in [-0.2, -0.15) is 0 Å². The molecule has 0 radical (unpaired) electrons. The van der Waals surface area contributed by atoms with Crippen molar-refractivity contribution in [2.75, 3.05) is 5.32 Å². The van der Waals surface area contributed by atoms with Crippen molar-refractivity contribution in [2.45, 2.75) is 6.42 Å². The van der Waals surface area contributed by atoms with Gasteiger partial charge in [-0.05, 0) is 29.8 Å². The van der Waals surface area contributed by atoms with Crippen molar-refractivity contribution in [3.63, 3.8) is 0 Å². The first-order valence-electron chi connectivity index (χ1n) is 5.54. The molecule has 1 N–H and O–H groups in total. The zero-order valence-electron chi connectivity index (χ0n) is 9.79. The summed E-state index contributed by atoms with van der Waals surface area (Å²) in [6.07, 6.45) is -0.0752. The average molecular weight is 298 g/mol. The van der Waals surface area contributed by atoms with Gasteiger partial charge >= 0.3 is 0 Å². The predicted octanol–water partition coefficient (Wildman–Crippen LogP) is 4.31. The Hall–Kier alpha value is -1.58. The van der Waals surface area contributed by atoms with E-state index in [9.17, 15) is 9.18 Å². The number of hydrogen-bond donors (Lipinski definition) is 1. The van der Waals surface area contributed by atoms with Crippen LogP contribution in [0.4, 0.5) is 10.1 Å². The van der Waals surface area contributed by atoms with E-state index in [1.54, 1.807) is 30.3 Å². The molecular weight excluding hydrogens is 288 g/mol. The van der Waals surface area contributed by atoms with Crippen LogP contribution in [0.15, 0.2) is 42.5 Å². The fraction of sp³-hybridized carbons (Fsp3) is 0.0714. The Morgan fingerprint density at radius 1 is 1.16 bits per heavy atom. The number of anilines is 1. The lowest BCUT2D eigenvalue weighted by Gasteiger charge is -2.07. The molecule has 2 aromatic carbocycles. The van der Waals surface area contributed by atoms with Crippen molar-refractivity contribution in [2.24, 2.45) is 0 Å². The summed E-state index contributed by atoms with van der Waals surface area (Å²) in [5, 5.41) is 3.37. The lowest BCUT2D eigenvalue weighted by atomic mass is 10.1. The van der Waals surface area contributed by atoms with Gasteiger partial charge in [0.15, 0.2) is 0 Å². The molecule has 0 atom stereocenters. The van der Waals surface area contributed by atoms with Crippen molar-refractivity contribution in [1.82, 2.24) is 0 Å². The molecule has 0 saturated heterocycles. The molecule has 98 valence electrons. The molecular formula is C14H10Cl2FNO. The van der Waals surface area contributed by atoms with E-state index in [2.05, 4.69) is 5.32 Å². The van der Waals surface area contributed by atoms with Crippen LogP contribution in [-0.2, 0) is 11.2 Å². The molecule has 0 unspecified atom stereocenters. The average Bonchev–Trinajstić information content (AvgIpc) is 2.36. The lowest BCUT2D eigenvalue weighted by molar-refractivity contribution is -0.115.